The van der Waals surface area contributed by atoms with E-state index in [4.69, 9.17) is 11.5 Å². The highest BCUT2D eigenvalue weighted by Gasteiger charge is 2.34. The molecule has 5 N–H and O–H groups in total. The van der Waals surface area contributed by atoms with E-state index in [1.807, 2.05) is 18.0 Å². The number of hydrogen-bond acceptors (Lipinski definition) is 10. The molecule has 1 aliphatic rings. The summed E-state index contributed by atoms with van der Waals surface area (Å²) >= 11 is 1.14. The molecule has 2 heterocycles. The van der Waals surface area contributed by atoms with Gasteiger partial charge in [0.15, 0.2) is 0 Å². The third-order valence-corrected chi connectivity index (χ3v) is 6.95. The van der Waals surface area contributed by atoms with Gasteiger partial charge < -0.3 is 21.7 Å². The maximum absolute atomic E-state index is 12.4. The van der Waals surface area contributed by atoms with Crippen molar-refractivity contribution < 1.29 is 19.3 Å². The van der Waals surface area contributed by atoms with E-state index in [0.717, 1.165) is 17.2 Å². The highest BCUT2D eigenvalue weighted by Crippen LogP contribution is 2.28. The Morgan fingerprint density at radius 3 is 2.38 bits per heavy atom. The lowest BCUT2D eigenvalue weighted by Crippen LogP contribution is -2.33. The van der Waals surface area contributed by atoms with Crippen LogP contribution >= 0.6 is 11.5 Å². The van der Waals surface area contributed by atoms with Crippen LogP contribution in [0.4, 0.5) is 27.8 Å². The Hall–Kier alpha value is -5.04. The van der Waals surface area contributed by atoms with Crippen LogP contribution in [0.25, 0.3) is 10.9 Å². The standard InChI is InChI=1S/C20H22N4O3.C7H5N3O2S/c1-13(25)22-18-12-14(8-9-17(18)21)23(2)10-5-11-24-19(26)15-6-3-4-7-16(15)20(24)27;8-7-5-3-4(10(11)12)1-2-6(5)9-13-7/h3-4,6-9,12H,5,10-11,21H2,1-2H3,(H,22,25);1-3H,8H2. The summed E-state index contributed by atoms with van der Waals surface area (Å²) in [5.74, 6) is -0.663. The van der Waals surface area contributed by atoms with Gasteiger partial charge in [-0.3, -0.25) is 29.4 Å². The van der Waals surface area contributed by atoms with Crippen molar-refractivity contribution in [3.05, 3.63) is 81.9 Å². The number of carbonyl (C=O) groups excluding carboxylic acids is 3. The number of aromatic nitrogens is 1. The second kappa shape index (κ2) is 11.8. The molecule has 1 aromatic heterocycles. The van der Waals surface area contributed by atoms with Crippen molar-refractivity contribution in [2.24, 2.45) is 0 Å². The predicted molar refractivity (Wildman–Crippen MR) is 156 cm³/mol. The van der Waals surface area contributed by atoms with Crippen LogP contribution in [0.3, 0.4) is 0 Å². The maximum Gasteiger partial charge on any atom is 0.270 e. The van der Waals surface area contributed by atoms with E-state index < -0.39 is 4.92 Å². The highest BCUT2D eigenvalue weighted by molar-refractivity contribution is 7.11. The molecule has 0 saturated carbocycles. The first-order valence-electron chi connectivity index (χ1n) is 12.2. The van der Waals surface area contributed by atoms with Crippen molar-refractivity contribution in [3.63, 3.8) is 0 Å². The minimum Gasteiger partial charge on any atom is -0.397 e. The molecule has 3 aromatic carbocycles. The molecule has 0 spiro atoms. The van der Waals surface area contributed by atoms with Gasteiger partial charge in [0.1, 0.15) is 5.00 Å². The van der Waals surface area contributed by atoms with Gasteiger partial charge in [0.2, 0.25) is 5.91 Å². The van der Waals surface area contributed by atoms with Gasteiger partial charge in [-0.25, -0.2) is 0 Å². The Labute approximate surface area is 233 Å². The summed E-state index contributed by atoms with van der Waals surface area (Å²) in [7, 11) is 1.91. The van der Waals surface area contributed by atoms with Crippen LogP contribution in [0, 0.1) is 10.1 Å². The van der Waals surface area contributed by atoms with E-state index >= 15 is 0 Å². The Balaban J connectivity index is 0.000000236. The molecule has 5 rings (SSSR count). The zero-order valence-corrected chi connectivity index (χ0v) is 22.6. The third-order valence-electron chi connectivity index (χ3n) is 6.24. The summed E-state index contributed by atoms with van der Waals surface area (Å²) in [5.41, 5.74) is 15.1. The van der Waals surface area contributed by atoms with Crippen molar-refractivity contribution in [1.29, 1.82) is 0 Å². The minimum absolute atomic E-state index is 0.0411. The first-order valence-corrected chi connectivity index (χ1v) is 13.0. The first kappa shape index (κ1) is 28.0. The fourth-order valence-electron chi connectivity index (χ4n) is 4.18. The predicted octanol–water partition coefficient (Wildman–Crippen LogP) is 4.14. The van der Waals surface area contributed by atoms with Gasteiger partial charge in [-0.15, -0.1) is 0 Å². The number of rotatable bonds is 7. The topological polar surface area (TPSA) is 178 Å². The van der Waals surface area contributed by atoms with E-state index in [-0.39, 0.29) is 23.4 Å². The smallest absolute Gasteiger partial charge is 0.270 e. The molecule has 4 aromatic rings. The lowest BCUT2D eigenvalue weighted by molar-refractivity contribution is -0.384. The van der Waals surface area contributed by atoms with Gasteiger partial charge in [-0.05, 0) is 54.4 Å². The third kappa shape index (κ3) is 5.99. The van der Waals surface area contributed by atoms with Crippen molar-refractivity contribution in [3.8, 4) is 0 Å². The molecular formula is C27H27N7O5S. The minimum atomic E-state index is -0.448. The Kier molecular flexibility index (Phi) is 8.24. The average molecular weight is 562 g/mol. The van der Waals surface area contributed by atoms with E-state index in [0.29, 0.717) is 57.9 Å². The van der Waals surface area contributed by atoms with Crippen molar-refractivity contribution in [2.75, 3.05) is 41.8 Å². The summed E-state index contributed by atoms with van der Waals surface area (Å²) in [4.78, 5) is 49.3. The van der Waals surface area contributed by atoms with Crippen molar-refractivity contribution in [1.82, 2.24) is 9.27 Å². The van der Waals surface area contributed by atoms with Crippen LogP contribution < -0.4 is 21.7 Å². The van der Waals surface area contributed by atoms with Gasteiger partial charge in [-0.2, -0.15) is 4.37 Å². The van der Waals surface area contributed by atoms with Crippen LogP contribution in [0.2, 0.25) is 0 Å². The molecule has 0 aliphatic carbocycles. The van der Waals surface area contributed by atoms with Crippen LogP contribution in [0.1, 0.15) is 34.1 Å². The summed E-state index contributed by atoms with van der Waals surface area (Å²) in [6.07, 6.45) is 0.627. The molecule has 206 valence electrons. The molecule has 0 saturated heterocycles. The number of nitro benzene ring substituents is 1. The van der Waals surface area contributed by atoms with Gasteiger partial charge >= 0.3 is 0 Å². The molecule has 13 heteroatoms. The Morgan fingerprint density at radius 2 is 1.75 bits per heavy atom. The molecule has 12 nitrogen and oxygen atoms in total. The average Bonchev–Trinajstić information content (AvgIpc) is 3.42. The van der Waals surface area contributed by atoms with Crippen molar-refractivity contribution in [2.45, 2.75) is 13.3 Å². The number of anilines is 4. The van der Waals surface area contributed by atoms with Gasteiger partial charge in [0.05, 0.1) is 32.9 Å². The van der Waals surface area contributed by atoms with Gasteiger partial charge in [0, 0.05) is 50.3 Å². The fraction of sp³-hybridized carbons (Fsp3) is 0.185. The summed E-state index contributed by atoms with van der Waals surface area (Å²) in [6.45, 7) is 2.42. The number of amides is 3. The summed E-state index contributed by atoms with van der Waals surface area (Å²) < 4.78 is 4.01. The summed E-state index contributed by atoms with van der Waals surface area (Å²) in [6, 6.07) is 16.7. The number of benzene rings is 3. The number of hydrogen-bond donors (Lipinski definition) is 3. The number of nitrogens with zero attached hydrogens (tertiary/aromatic N) is 4. The zero-order chi connectivity index (χ0) is 29.0. The van der Waals surface area contributed by atoms with Crippen LogP contribution in [-0.2, 0) is 4.79 Å². The number of nitro groups is 1. The molecule has 0 radical (unpaired) electrons. The number of carbonyl (C=O) groups is 3. The fourth-order valence-corrected chi connectivity index (χ4v) is 4.80. The number of fused-ring (bicyclic) bond motifs is 2. The monoisotopic (exact) mass is 561 g/mol. The van der Waals surface area contributed by atoms with E-state index in [1.54, 1.807) is 42.5 Å². The Bertz CT molecular complexity index is 1590. The molecule has 0 unspecified atom stereocenters. The second-order valence-electron chi connectivity index (χ2n) is 9.04. The molecule has 0 bridgehead atoms. The molecule has 0 fully saturated rings. The van der Waals surface area contributed by atoms with E-state index in [9.17, 15) is 24.5 Å². The molecule has 3 amide bonds. The van der Waals surface area contributed by atoms with Crippen LogP contribution in [0.15, 0.2) is 60.7 Å². The number of nitrogens with one attached hydrogen (secondary N) is 1. The van der Waals surface area contributed by atoms with E-state index in [2.05, 4.69) is 9.69 Å². The quantitative estimate of drug-likeness (QED) is 0.129. The maximum atomic E-state index is 12.4. The first-order chi connectivity index (χ1) is 19.1. The molecular weight excluding hydrogens is 534 g/mol. The second-order valence-corrected chi connectivity index (χ2v) is 9.85. The Morgan fingerprint density at radius 1 is 1.07 bits per heavy atom. The largest absolute Gasteiger partial charge is 0.397 e. The lowest BCUT2D eigenvalue weighted by atomic mass is 10.1. The van der Waals surface area contributed by atoms with Crippen LogP contribution in [0.5, 0.6) is 0 Å². The van der Waals surface area contributed by atoms with Gasteiger partial charge in [0.25, 0.3) is 17.5 Å². The van der Waals surface area contributed by atoms with E-state index in [1.165, 1.54) is 24.0 Å². The molecule has 40 heavy (non-hydrogen) atoms. The lowest BCUT2D eigenvalue weighted by Gasteiger charge is -2.22. The highest BCUT2D eigenvalue weighted by atomic mass is 32.1. The normalized spacial score (nSPS) is 12.1. The molecule has 1 aliphatic heterocycles. The SMILES string of the molecule is CC(=O)Nc1cc(N(C)CCCN2C(=O)c3ccccc3C2=O)ccc1N.Nc1snc2ccc([N+](=O)[O-])cc12. The van der Waals surface area contributed by atoms with Crippen molar-refractivity contribution >= 4 is 67.9 Å². The van der Waals surface area contributed by atoms with Gasteiger partial charge in [-0.1, -0.05) is 12.1 Å². The number of imide groups is 1. The van der Waals surface area contributed by atoms with Crippen LogP contribution in [-0.4, -0.2) is 52.1 Å². The molecule has 0 atom stereocenters. The number of nitrogen functional groups attached to an aromatic ring is 2. The summed E-state index contributed by atoms with van der Waals surface area (Å²) in [5, 5.41) is 14.3. The number of non-ortho nitro benzene ring substituents is 1. The zero-order valence-electron chi connectivity index (χ0n) is 21.8. The number of nitrogens with two attached hydrogens (primary N) is 2.